The fourth-order valence-electron chi connectivity index (χ4n) is 4.90. The molecule has 2 heterocycles. The molecule has 0 atom stereocenters. The van der Waals surface area contributed by atoms with Gasteiger partial charge in [0.1, 0.15) is 0 Å². The third kappa shape index (κ3) is 5.03. The molecule has 2 aromatic carbocycles. The minimum Gasteiger partial charge on any atom is -0.381 e. The molecule has 0 aromatic heterocycles. The van der Waals surface area contributed by atoms with Gasteiger partial charge in [-0.1, -0.05) is 42.5 Å². The summed E-state index contributed by atoms with van der Waals surface area (Å²) in [5, 5.41) is 6.38. The molecular weight excluding hydrogens is 386 g/mol. The van der Waals surface area contributed by atoms with Crippen LogP contribution in [-0.2, 0) is 11.3 Å². The first-order chi connectivity index (χ1) is 15.1. The van der Waals surface area contributed by atoms with E-state index in [4.69, 9.17) is 4.74 Å². The van der Waals surface area contributed by atoms with Gasteiger partial charge in [-0.15, -0.1) is 0 Å². The van der Waals surface area contributed by atoms with Crippen LogP contribution in [0.4, 0.5) is 0 Å². The third-order valence-electron chi connectivity index (χ3n) is 7.11. The lowest BCUT2D eigenvalue weighted by Crippen LogP contribution is -2.59. The Balaban J connectivity index is 1.33. The summed E-state index contributed by atoms with van der Waals surface area (Å²) in [4.78, 5) is 11.9. The molecule has 0 unspecified atom stereocenters. The molecule has 2 aliphatic heterocycles. The standard InChI is InChI=1S/C25H37N5O/c1-26-24(27-20-25(28(2)3)11-17-31-18-12-25)30-15-13-29(14-16-30)19-22-9-6-8-21-7-4-5-10-23(21)22/h4-10H,11-20H2,1-3H3,(H,26,27). The SMILES string of the molecule is CN=C(NCC1(N(C)C)CCOCC1)N1CCN(Cc2cccc3ccccc23)CC1. The molecule has 4 rings (SSSR count). The normalized spacial score (nSPS) is 20.4. The molecule has 31 heavy (non-hydrogen) atoms. The number of aliphatic imine (C=N–C) groups is 1. The molecule has 0 spiro atoms. The number of benzene rings is 2. The quantitative estimate of drug-likeness (QED) is 0.592. The van der Waals surface area contributed by atoms with Gasteiger partial charge in [-0.05, 0) is 43.3 Å². The van der Waals surface area contributed by atoms with Crippen molar-refractivity contribution in [2.75, 3.05) is 67.1 Å². The molecule has 2 fully saturated rings. The average Bonchev–Trinajstić information content (AvgIpc) is 2.81. The lowest BCUT2D eigenvalue weighted by atomic mass is 9.88. The minimum absolute atomic E-state index is 0.143. The van der Waals surface area contributed by atoms with E-state index in [9.17, 15) is 0 Å². The highest BCUT2D eigenvalue weighted by molar-refractivity contribution is 5.85. The van der Waals surface area contributed by atoms with Crippen LogP contribution in [0.5, 0.6) is 0 Å². The Labute approximate surface area is 186 Å². The highest BCUT2D eigenvalue weighted by atomic mass is 16.5. The van der Waals surface area contributed by atoms with E-state index in [2.05, 4.69) is 81.6 Å². The number of ether oxygens (including phenoxy) is 1. The summed E-state index contributed by atoms with van der Waals surface area (Å²) in [7, 11) is 6.26. The van der Waals surface area contributed by atoms with E-state index in [0.29, 0.717) is 0 Å². The highest BCUT2D eigenvalue weighted by Gasteiger charge is 2.35. The Morgan fingerprint density at radius 2 is 1.74 bits per heavy atom. The van der Waals surface area contributed by atoms with Crippen LogP contribution in [0, 0.1) is 0 Å². The van der Waals surface area contributed by atoms with Gasteiger partial charge in [-0.2, -0.15) is 0 Å². The predicted molar refractivity (Wildman–Crippen MR) is 129 cm³/mol. The Morgan fingerprint density at radius 1 is 1.03 bits per heavy atom. The molecule has 6 heteroatoms. The van der Waals surface area contributed by atoms with Crippen LogP contribution >= 0.6 is 0 Å². The van der Waals surface area contributed by atoms with Crippen molar-refractivity contribution in [3.8, 4) is 0 Å². The summed E-state index contributed by atoms with van der Waals surface area (Å²) in [5.41, 5.74) is 1.56. The van der Waals surface area contributed by atoms with Gasteiger partial charge in [0.05, 0.1) is 0 Å². The molecule has 2 saturated heterocycles. The molecule has 0 aliphatic carbocycles. The molecule has 0 saturated carbocycles. The van der Waals surface area contributed by atoms with Gasteiger partial charge in [-0.25, -0.2) is 0 Å². The summed E-state index contributed by atoms with van der Waals surface area (Å²) in [6.07, 6.45) is 2.12. The number of nitrogens with one attached hydrogen (secondary N) is 1. The van der Waals surface area contributed by atoms with E-state index in [1.807, 2.05) is 7.05 Å². The number of hydrogen-bond acceptors (Lipinski definition) is 4. The number of nitrogens with zero attached hydrogens (tertiary/aromatic N) is 4. The monoisotopic (exact) mass is 423 g/mol. The van der Waals surface area contributed by atoms with E-state index in [-0.39, 0.29) is 5.54 Å². The Hall–Kier alpha value is -2.15. The maximum Gasteiger partial charge on any atom is 0.193 e. The first-order valence-electron chi connectivity index (χ1n) is 11.5. The molecule has 168 valence electrons. The zero-order valence-electron chi connectivity index (χ0n) is 19.3. The number of guanidine groups is 1. The summed E-state index contributed by atoms with van der Waals surface area (Å²) in [6, 6.07) is 15.3. The van der Waals surface area contributed by atoms with Crippen molar-refractivity contribution < 1.29 is 4.74 Å². The summed E-state index contributed by atoms with van der Waals surface area (Å²) >= 11 is 0. The molecule has 2 aromatic rings. The van der Waals surface area contributed by atoms with Crippen LogP contribution in [0.25, 0.3) is 10.8 Å². The van der Waals surface area contributed by atoms with Gasteiger partial charge in [0.15, 0.2) is 5.96 Å². The van der Waals surface area contributed by atoms with Crippen molar-refractivity contribution in [3.05, 3.63) is 48.0 Å². The van der Waals surface area contributed by atoms with Crippen molar-refractivity contribution in [1.29, 1.82) is 0 Å². The predicted octanol–water partition coefficient (Wildman–Crippen LogP) is 2.64. The zero-order valence-corrected chi connectivity index (χ0v) is 19.3. The molecular formula is C25H37N5O. The maximum atomic E-state index is 5.61. The van der Waals surface area contributed by atoms with Crippen LogP contribution in [0.2, 0.25) is 0 Å². The van der Waals surface area contributed by atoms with E-state index < -0.39 is 0 Å². The number of fused-ring (bicyclic) bond motifs is 1. The van der Waals surface area contributed by atoms with Gasteiger partial charge in [-0.3, -0.25) is 9.89 Å². The Kier molecular flexibility index (Phi) is 7.10. The van der Waals surface area contributed by atoms with Crippen LogP contribution < -0.4 is 5.32 Å². The van der Waals surface area contributed by atoms with Gasteiger partial charge < -0.3 is 19.9 Å². The third-order valence-corrected chi connectivity index (χ3v) is 7.11. The fourth-order valence-corrected chi connectivity index (χ4v) is 4.90. The molecule has 0 radical (unpaired) electrons. The molecule has 1 N–H and O–H groups in total. The summed E-state index contributed by atoms with van der Waals surface area (Å²) < 4.78 is 5.61. The van der Waals surface area contributed by atoms with E-state index in [0.717, 1.165) is 71.3 Å². The lowest BCUT2D eigenvalue weighted by molar-refractivity contribution is -0.00535. The Bertz CT molecular complexity index is 877. The Morgan fingerprint density at radius 3 is 2.45 bits per heavy atom. The largest absolute Gasteiger partial charge is 0.381 e. The first-order valence-corrected chi connectivity index (χ1v) is 11.5. The van der Waals surface area contributed by atoms with Crippen LogP contribution in [0.3, 0.4) is 0 Å². The van der Waals surface area contributed by atoms with Crippen LogP contribution in [-0.4, -0.2) is 93.3 Å². The second kappa shape index (κ2) is 9.98. The fraction of sp³-hybridized carbons (Fsp3) is 0.560. The lowest BCUT2D eigenvalue weighted by Gasteiger charge is -2.44. The molecule has 6 nitrogen and oxygen atoms in total. The van der Waals surface area contributed by atoms with Crippen LogP contribution in [0.15, 0.2) is 47.5 Å². The van der Waals surface area contributed by atoms with Crippen molar-refractivity contribution in [1.82, 2.24) is 20.0 Å². The average molecular weight is 424 g/mol. The van der Waals surface area contributed by atoms with Gasteiger partial charge in [0, 0.05) is 65.1 Å². The summed E-state index contributed by atoms with van der Waals surface area (Å²) in [6.45, 7) is 7.70. The van der Waals surface area contributed by atoms with Crippen molar-refractivity contribution in [3.63, 3.8) is 0 Å². The summed E-state index contributed by atoms with van der Waals surface area (Å²) in [5.74, 6) is 1.03. The van der Waals surface area contributed by atoms with Gasteiger partial charge >= 0.3 is 0 Å². The van der Waals surface area contributed by atoms with Crippen molar-refractivity contribution in [2.24, 2.45) is 4.99 Å². The van der Waals surface area contributed by atoms with E-state index in [1.165, 1.54) is 16.3 Å². The topological polar surface area (TPSA) is 43.3 Å². The van der Waals surface area contributed by atoms with E-state index in [1.54, 1.807) is 0 Å². The number of piperazine rings is 1. The number of likely N-dealkylation sites (N-methyl/N-ethyl adjacent to an activating group) is 1. The molecule has 0 bridgehead atoms. The van der Waals surface area contributed by atoms with Crippen molar-refractivity contribution in [2.45, 2.75) is 24.9 Å². The number of hydrogen-bond donors (Lipinski definition) is 1. The van der Waals surface area contributed by atoms with Crippen LogP contribution in [0.1, 0.15) is 18.4 Å². The maximum absolute atomic E-state index is 5.61. The smallest absolute Gasteiger partial charge is 0.193 e. The second-order valence-electron chi connectivity index (χ2n) is 9.03. The second-order valence-corrected chi connectivity index (χ2v) is 9.03. The number of rotatable bonds is 5. The molecule has 2 aliphatic rings. The van der Waals surface area contributed by atoms with Crippen molar-refractivity contribution >= 4 is 16.7 Å². The van der Waals surface area contributed by atoms with E-state index >= 15 is 0 Å². The minimum atomic E-state index is 0.143. The highest BCUT2D eigenvalue weighted by Crippen LogP contribution is 2.25. The van der Waals surface area contributed by atoms with Gasteiger partial charge in [0.25, 0.3) is 0 Å². The molecule has 0 amide bonds. The first kappa shape index (κ1) is 22.1. The van der Waals surface area contributed by atoms with Gasteiger partial charge in [0.2, 0.25) is 0 Å². The zero-order chi connectivity index (χ0) is 21.7.